The molecule has 0 aliphatic heterocycles. The maximum atomic E-state index is 7.83. The molecule has 98 valence electrons. The molecular weight excluding hydrogens is 292 g/mol. The van der Waals surface area contributed by atoms with Crippen molar-refractivity contribution < 1.29 is 58.2 Å². The Labute approximate surface area is 163 Å². The van der Waals surface area contributed by atoms with Gasteiger partial charge in [-0.3, -0.25) is 0 Å². The van der Waals surface area contributed by atoms with Gasteiger partial charge >= 0.3 is 58.2 Å². The second-order valence-corrected chi connectivity index (χ2v) is 4.74. The van der Waals surface area contributed by atoms with Crippen LogP contribution in [-0.4, -0.2) is 6.04 Å². The van der Waals surface area contributed by atoms with E-state index in [4.69, 9.17) is 5.73 Å². The van der Waals surface area contributed by atoms with Gasteiger partial charge in [0.1, 0.15) is 0 Å². The topological polar surface area (TPSA) is 23.8 Å². The van der Waals surface area contributed by atoms with Gasteiger partial charge < -0.3 is 5.73 Å². The van der Waals surface area contributed by atoms with Gasteiger partial charge in [0.25, 0.3) is 0 Å². The average Bonchev–Trinajstić information content (AvgIpc) is 2.30. The Bertz CT molecular complexity index is 285. The van der Waals surface area contributed by atoms with Gasteiger partial charge in [-0.15, -0.1) is 12.1 Å². The molecule has 0 amide bonds. The standard InChI is InChI=1S/C14H22N.C2H6.Rb/c1-11(2)10-14(15)9-8-13-6-4-12(3)5-7-13;1-2;/h4,6-7,10,12,14-15H,5,8-9H2,1-3H3;1-2H3;/q-1;;+1. The zero-order chi connectivity index (χ0) is 13.3. The quantitative estimate of drug-likeness (QED) is 0.712. The molecule has 0 saturated heterocycles. The van der Waals surface area contributed by atoms with Crippen molar-refractivity contribution in [1.29, 1.82) is 0 Å². The van der Waals surface area contributed by atoms with Crippen molar-refractivity contribution >= 4 is 0 Å². The second-order valence-electron chi connectivity index (χ2n) is 4.74. The summed E-state index contributed by atoms with van der Waals surface area (Å²) in [5.41, 5.74) is 10.5. The van der Waals surface area contributed by atoms with Crippen LogP contribution in [0.1, 0.15) is 53.9 Å². The van der Waals surface area contributed by atoms with Crippen LogP contribution in [0.15, 0.2) is 35.5 Å². The average molecular weight is 320 g/mol. The van der Waals surface area contributed by atoms with Crippen LogP contribution >= 0.6 is 0 Å². The van der Waals surface area contributed by atoms with Crippen LogP contribution < -0.4 is 58.2 Å². The fourth-order valence-corrected chi connectivity index (χ4v) is 1.77. The summed E-state index contributed by atoms with van der Waals surface area (Å²) in [7, 11) is 0. The van der Waals surface area contributed by atoms with Gasteiger partial charge in [-0.25, -0.2) is 0 Å². The van der Waals surface area contributed by atoms with E-state index in [1.165, 1.54) is 11.1 Å². The summed E-state index contributed by atoms with van der Waals surface area (Å²) in [6, 6.07) is -0.0383. The van der Waals surface area contributed by atoms with E-state index < -0.39 is 0 Å². The third kappa shape index (κ3) is 10.9. The summed E-state index contributed by atoms with van der Waals surface area (Å²) in [4.78, 5) is 0. The van der Waals surface area contributed by atoms with E-state index in [0.717, 1.165) is 19.3 Å². The molecule has 1 N–H and O–H groups in total. The van der Waals surface area contributed by atoms with E-state index in [2.05, 4.69) is 39.0 Å². The summed E-state index contributed by atoms with van der Waals surface area (Å²) in [5.74, 6) is 0.693. The van der Waals surface area contributed by atoms with Gasteiger partial charge in [0, 0.05) is 0 Å². The molecule has 0 radical (unpaired) electrons. The summed E-state index contributed by atoms with van der Waals surface area (Å²) >= 11 is 0. The maximum absolute atomic E-state index is 7.83. The van der Waals surface area contributed by atoms with E-state index in [-0.39, 0.29) is 64.2 Å². The predicted octanol–water partition coefficient (Wildman–Crippen LogP) is 2.71. The molecule has 0 aromatic heterocycles. The van der Waals surface area contributed by atoms with Gasteiger partial charge in [-0.05, 0) is 32.6 Å². The Morgan fingerprint density at radius 1 is 1.44 bits per heavy atom. The molecule has 1 nitrogen and oxygen atoms in total. The van der Waals surface area contributed by atoms with E-state index >= 15 is 0 Å². The third-order valence-electron chi connectivity index (χ3n) is 2.67. The SMILES string of the molecule is CC.CC(C)=CC([NH-])CCC1=CCC(C)C=C1.[Rb+]. The van der Waals surface area contributed by atoms with Crippen molar-refractivity contribution in [3.63, 3.8) is 0 Å². The monoisotopic (exact) mass is 319 g/mol. The first-order chi connectivity index (χ1) is 8.08. The van der Waals surface area contributed by atoms with Gasteiger partial charge in [0.2, 0.25) is 0 Å². The number of rotatable bonds is 4. The Morgan fingerprint density at radius 3 is 2.50 bits per heavy atom. The zero-order valence-electron chi connectivity index (χ0n) is 13.1. The van der Waals surface area contributed by atoms with Crippen molar-refractivity contribution in [2.24, 2.45) is 5.92 Å². The first-order valence-electron chi connectivity index (χ1n) is 6.81. The molecule has 0 aromatic carbocycles. The second kappa shape index (κ2) is 13.0. The van der Waals surface area contributed by atoms with Gasteiger partial charge in [-0.1, -0.05) is 56.6 Å². The van der Waals surface area contributed by atoms with E-state index in [1.54, 1.807) is 0 Å². The van der Waals surface area contributed by atoms with E-state index in [1.807, 2.05) is 19.9 Å². The number of nitrogens with one attached hydrogen (secondary N) is 1. The molecular formula is C16H28NRb. The molecule has 2 heteroatoms. The molecule has 0 fully saturated rings. The van der Waals surface area contributed by atoms with Crippen LogP contribution in [0.5, 0.6) is 0 Å². The molecule has 1 aliphatic rings. The van der Waals surface area contributed by atoms with Crippen molar-refractivity contribution in [1.82, 2.24) is 0 Å². The normalized spacial score (nSPS) is 18.8. The first-order valence-corrected chi connectivity index (χ1v) is 6.81. The van der Waals surface area contributed by atoms with Crippen molar-refractivity contribution in [3.05, 3.63) is 41.2 Å². The van der Waals surface area contributed by atoms with Crippen LogP contribution in [0.4, 0.5) is 0 Å². The molecule has 0 saturated carbocycles. The van der Waals surface area contributed by atoms with Gasteiger partial charge in [0.05, 0.1) is 0 Å². The van der Waals surface area contributed by atoms with E-state index in [0.29, 0.717) is 5.92 Å². The smallest absolute Gasteiger partial charge is 0.671 e. The molecule has 0 aromatic rings. The fourth-order valence-electron chi connectivity index (χ4n) is 1.77. The minimum absolute atomic E-state index is 0. The largest absolute Gasteiger partial charge is 1.00 e. The summed E-state index contributed by atoms with van der Waals surface area (Å²) in [6.45, 7) is 10.4. The number of allylic oxidation sites excluding steroid dienone is 5. The molecule has 0 heterocycles. The van der Waals surface area contributed by atoms with Gasteiger partial charge in [-0.2, -0.15) is 0 Å². The fraction of sp³-hybridized carbons (Fsp3) is 0.625. The molecule has 1 aliphatic carbocycles. The van der Waals surface area contributed by atoms with Crippen LogP contribution in [0.3, 0.4) is 0 Å². The Balaban J connectivity index is 0. The minimum Gasteiger partial charge on any atom is -0.671 e. The zero-order valence-corrected chi connectivity index (χ0v) is 18.0. The molecule has 2 atom stereocenters. The predicted molar refractivity (Wildman–Crippen MR) is 79.1 cm³/mol. The van der Waals surface area contributed by atoms with Crippen LogP contribution in [0, 0.1) is 5.92 Å². The summed E-state index contributed by atoms with van der Waals surface area (Å²) in [6.07, 6.45) is 12.0. The molecule has 1 rings (SSSR count). The number of hydrogen-bond donors (Lipinski definition) is 0. The molecule has 2 unspecified atom stereocenters. The van der Waals surface area contributed by atoms with Crippen LogP contribution in [0.2, 0.25) is 0 Å². The van der Waals surface area contributed by atoms with Crippen molar-refractivity contribution in [2.75, 3.05) is 0 Å². The van der Waals surface area contributed by atoms with E-state index in [9.17, 15) is 0 Å². The van der Waals surface area contributed by atoms with Crippen LogP contribution in [0.25, 0.3) is 5.73 Å². The third-order valence-corrected chi connectivity index (χ3v) is 2.67. The van der Waals surface area contributed by atoms with Crippen molar-refractivity contribution in [2.45, 2.75) is 59.9 Å². The Morgan fingerprint density at radius 2 is 2.06 bits per heavy atom. The minimum atomic E-state index is -0.0383. The van der Waals surface area contributed by atoms with Crippen LogP contribution in [-0.2, 0) is 0 Å². The molecule has 0 bridgehead atoms. The first kappa shape index (κ1) is 21.3. The van der Waals surface area contributed by atoms with Crippen molar-refractivity contribution in [3.8, 4) is 0 Å². The summed E-state index contributed by atoms with van der Waals surface area (Å²) < 4.78 is 0. The maximum Gasteiger partial charge on any atom is 1.00 e. The van der Waals surface area contributed by atoms with Gasteiger partial charge in [0.15, 0.2) is 0 Å². The summed E-state index contributed by atoms with van der Waals surface area (Å²) in [5, 5.41) is 0. The number of hydrogen-bond acceptors (Lipinski definition) is 0. The Hall–Kier alpha value is 0.985. The Kier molecular flexibility index (Phi) is 15.4. The molecule has 18 heavy (non-hydrogen) atoms. The molecule has 0 spiro atoms.